The van der Waals surface area contributed by atoms with Gasteiger partial charge in [0.25, 0.3) is 5.69 Å². The fourth-order valence-corrected chi connectivity index (χ4v) is 8.05. The second-order valence-electron chi connectivity index (χ2n) is 15.7. The first kappa shape index (κ1) is 45.0. The highest BCUT2D eigenvalue weighted by atomic mass is 16.8. The number of nitrogens with zero attached hydrogens (tertiary/aromatic N) is 4. The van der Waals surface area contributed by atoms with Crippen LogP contribution in [0.4, 0.5) is 5.69 Å². The van der Waals surface area contributed by atoms with Crippen molar-refractivity contribution in [1.82, 2.24) is 0 Å². The predicted molar refractivity (Wildman–Crippen MR) is 230 cm³/mol. The van der Waals surface area contributed by atoms with E-state index in [1.165, 1.54) is 12.1 Å². The maximum absolute atomic E-state index is 12.6. The minimum absolute atomic E-state index is 0.0175. The van der Waals surface area contributed by atoms with Crippen molar-refractivity contribution in [3.8, 4) is 0 Å². The second kappa shape index (κ2) is 21.9. The number of benzene rings is 5. The Hall–Kier alpha value is -5.59. The van der Waals surface area contributed by atoms with E-state index < -0.39 is 66.0 Å². The molecule has 16 heteroatoms. The van der Waals surface area contributed by atoms with Gasteiger partial charge in [-0.3, -0.25) is 10.1 Å². The standard InChI is InChI=1S/C48H50N4O12/c49-51-50-41-44(42-39(31-60-46(62-42)37-19-11-4-12-20-37)61-47(41)58-26-25-33-21-23-38(24-22-33)52(54)55)64-48(32-57-28-35-15-7-2-8-16-35)45(53)43(59-29-36-17-9-3-10-18-36)40(63-48)30-56-27-34-13-5-1-6-14-34/h1-24,39-47,53H,25-32H2/t39-,40-,41+,42-,43-,44-,45+,46-,47-,48+/m1/s1. The van der Waals surface area contributed by atoms with Crippen LogP contribution in [0.3, 0.4) is 0 Å². The molecule has 64 heavy (non-hydrogen) atoms. The van der Waals surface area contributed by atoms with Gasteiger partial charge >= 0.3 is 0 Å². The van der Waals surface area contributed by atoms with Crippen LogP contribution in [0.25, 0.3) is 10.4 Å². The Morgan fingerprint density at radius 2 is 1.36 bits per heavy atom. The summed E-state index contributed by atoms with van der Waals surface area (Å²) >= 11 is 0. The first-order valence-corrected chi connectivity index (χ1v) is 21.2. The molecule has 0 bridgehead atoms. The van der Waals surface area contributed by atoms with E-state index >= 15 is 0 Å². The minimum Gasteiger partial charge on any atom is -0.385 e. The van der Waals surface area contributed by atoms with Crippen molar-refractivity contribution in [1.29, 1.82) is 0 Å². The molecule has 10 atom stereocenters. The Labute approximate surface area is 370 Å². The molecule has 8 rings (SSSR count). The number of non-ortho nitro benzene ring substituents is 1. The number of nitro benzene ring substituents is 1. The fourth-order valence-electron chi connectivity index (χ4n) is 8.05. The summed E-state index contributed by atoms with van der Waals surface area (Å²) in [6.45, 7) is 0.441. The van der Waals surface area contributed by atoms with E-state index in [1.54, 1.807) is 12.1 Å². The Bertz CT molecular complexity index is 2260. The summed E-state index contributed by atoms with van der Waals surface area (Å²) in [4.78, 5) is 14.0. The molecule has 3 heterocycles. The maximum atomic E-state index is 12.6. The molecule has 0 saturated carbocycles. The number of nitro groups is 1. The molecule has 0 unspecified atom stereocenters. The molecule has 3 aliphatic heterocycles. The second-order valence-corrected chi connectivity index (χ2v) is 15.7. The van der Waals surface area contributed by atoms with Crippen LogP contribution in [0.5, 0.6) is 0 Å². The van der Waals surface area contributed by atoms with Crippen LogP contribution in [-0.4, -0.2) is 91.2 Å². The van der Waals surface area contributed by atoms with E-state index in [9.17, 15) is 20.8 Å². The third-order valence-electron chi connectivity index (χ3n) is 11.3. The van der Waals surface area contributed by atoms with Gasteiger partial charge in [0.1, 0.15) is 49.3 Å². The number of hydrogen-bond acceptors (Lipinski definition) is 13. The third kappa shape index (κ3) is 11.2. The number of aliphatic hydroxyl groups is 1. The molecular weight excluding hydrogens is 825 g/mol. The van der Waals surface area contributed by atoms with Gasteiger partial charge in [-0.1, -0.05) is 139 Å². The zero-order valence-electron chi connectivity index (χ0n) is 34.9. The van der Waals surface area contributed by atoms with Gasteiger partial charge in [-0.2, -0.15) is 0 Å². The first-order valence-electron chi connectivity index (χ1n) is 21.2. The Kier molecular flexibility index (Phi) is 15.4. The number of hydrogen-bond donors (Lipinski definition) is 1. The largest absolute Gasteiger partial charge is 0.385 e. The van der Waals surface area contributed by atoms with E-state index in [4.69, 9.17) is 42.6 Å². The third-order valence-corrected chi connectivity index (χ3v) is 11.3. The van der Waals surface area contributed by atoms with Crippen LogP contribution in [0.15, 0.2) is 151 Å². The summed E-state index contributed by atoms with van der Waals surface area (Å²) in [5.74, 6) is -1.94. The van der Waals surface area contributed by atoms with Crippen molar-refractivity contribution >= 4 is 5.69 Å². The van der Waals surface area contributed by atoms with E-state index in [2.05, 4.69) is 10.0 Å². The number of aliphatic hydroxyl groups excluding tert-OH is 1. The van der Waals surface area contributed by atoms with Crippen LogP contribution >= 0.6 is 0 Å². The van der Waals surface area contributed by atoms with E-state index in [1.807, 2.05) is 121 Å². The lowest BCUT2D eigenvalue weighted by molar-refractivity contribution is -0.384. The van der Waals surface area contributed by atoms with Gasteiger partial charge in [-0.15, -0.1) is 0 Å². The van der Waals surface area contributed by atoms with Crippen molar-refractivity contribution in [3.63, 3.8) is 0 Å². The summed E-state index contributed by atoms with van der Waals surface area (Å²) in [7, 11) is 0. The van der Waals surface area contributed by atoms with Gasteiger partial charge in [-0.05, 0) is 34.2 Å². The van der Waals surface area contributed by atoms with Gasteiger partial charge in [0.05, 0.1) is 44.6 Å². The summed E-state index contributed by atoms with van der Waals surface area (Å²) in [5.41, 5.74) is 14.3. The highest BCUT2D eigenvalue weighted by Crippen LogP contribution is 2.43. The van der Waals surface area contributed by atoms with Crippen molar-refractivity contribution < 1.29 is 52.7 Å². The molecule has 0 amide bonds. The number of fused-ring (bicyclic) bond motifs is 1. The molecule has 5 aromatic carbocycles. The minimum atomic E-state index is -1.94. The van der Waals surface area contributed by atoms with Crippen molar-refractivity contribution in [2.45, 2.75) is 87.3 Å². The lowest BCUT2D eigenvalue weighted by atomic mass is 9.94. The van der Waals surface area contributed by atoms with E-state index in [0.717, 1.165) is 27.8 Å². The molecule has 3 saturated heterocycles. The fraction of sp³-hybridized carbons (Fsp3) is 0.375. The molecule has 0 aromatic heterocycles. The monoisotopic (exact) mass is 874 g/mol. The molecule has 3 aliphatic rings. The lowest BCUT2D eigenvalue weighted by Gasteiger charge is -2.50. The first-order chi connectivity index (χ1) is 31.4. The van der Waals surface area contributed by atoms with Gasteiger partial charge in [-0.25, -0.2) is 0 Å². The maximum Gasteiger partial charge on any atom is 0.269 e. The predicted octanol–water partition coefficient (Wildman–Crippen LogP) is 7.53. The van der Waals surface area contributed by atoms with Crippen molar-refractivity contribution in [3.05, 3.63) is 194 Å². The molecule has 1 N–H and O–H groups in total. The quantitative estimate of drug-likeness (QED) is 0.0266. The molecule has 5 aromatic rings. The smallest absolute Gasteiger partial charge is 0.269 e. The zero-order valence-corrected chi connectivity index (χ0v) is 34.9. The lowest BCUT2D eigenvalue weighted by Crippen LogP contribution is -2.65. The molecule has 3 fully saturated rings. The molecule has 334 valence electrons. The van der Waals surface area contributed by atoms with E-state index in [0.29, 0.717) is 6.42 Å². The Balaban J connectivity index is 1.12. The highest BCUT2D eigenvalue weighted by molar-refractivity contribution is 5.33. The average Bonchev–Trinajstić information content (AvgIpc) is 3.59. The van der Waals surface area contributed by atoms with Gasteiger partial charge in [0.15, 0.2) is 12.6 Å². The van der Waals surface area contributed by atoms with Gasteiger partial charge < -0.3 is 47.7 Å². The van der Waals surface area contributed by atoms with E-state index in [-0.39, 0.29) is 51.9 Å². The molecular formula is C48H50N4O12. The van der Waals surface area contributed by atoms with Gasteiger partial charge in [0, 0.05) is 22.6 Å². The van der Waals surface area contributed by atoms with Crippen LogP contribution in [0.2, 0.25) is 0 Å². The van der Waals surface area contributed by atoms with Crippen LogP contribution in [0.1, 0.15) is 34.1 Å². The van der Waals surface area contributed by atoms with Crippen LogP contribution in [-0.2, 0) is 68.9 Å². The molecule has 16 nitrogen and oxygen atoms in total. The number of rotatable bonds is 20. The summed E-state index contributed by atoms with van der Waals surface area (Å²) in [6, 6.07) is 43.1. The summed E-state index contributed by atoms with van der Waals surface area (Å²) < 4.78 is 58.7. The molecule has 0 aliphatic carbocycles. The van der Waals surface area contributed by atoms with Gasteiger partial charge in [0.2, 0.25) is 5.79 Å². The highest BCUT2D eigenvalue weighted by Gasteiger charge is 2.61. The summed E-state index contributed by atoms with van der Waals surface area (Å²) in [5, 5.41) is 28.1. The molecule has 0 spiro atoms. The molecule has 0 radical (unpaired) electrons. The normalized spacial score (nSPS) is 27.6. The SMILES string of the molecule is [N-]=[N+]=N[C@@H]1[C@H](OCCc2ccc([N+](=O)[O-])cc2)O[C@@H]2CO[C@@H](c3ccccc3)O[C@H]2[C@@H]1O[C@]1(COCc2ccccc2)O[C@H](COCc2ccccc2)[C@@H](OCc2ccccc2)[C@@H]1O. The summed E-state index contributed by atoms with van der Waals surface area (Å²) in [6.07, 6.45) is -7.91. The van der Waals surface area contributed by atoms with Crippen LogP contribution in [0, 0.1) is 10.1 Å². The Morgan fingerprint density at radius 1 is 0.750 bits per heavy atom. The van der Waals surface area contributed by atoms with Crippen molar-refractivity contribution in [2.75, 3.05) is 26.4 Å². The van der Waals surface area contributed by atoms with Crippen molar-refractivity contribution in [2.24, 2.45) is 5.11 Å². The zero-order chi connectivity index (χ0) is 44.1. The number of azide groups is 1. The number of ether oxygens (including phenoxy) is 9. The topological polar surface area (TPSA) is 195 Å². The van der Waals surface area contributed by atoms with Crippen LogP contribution < -0.4 is 0 Å². The average molecular weight is 875 g/mol. The Morgan fingerprint density at radius 3 is 1.98 bits per heavy atom.